The van der Waals surface area contributed by atoms with Gasteiger partial charge in [-0.2, -0.15) is 0 Å². The van der Waals surface area contributed by atoms with Gasteiger partial charge in [-0.25, -0.2) is 9.37 Å². The molecule has 0 bridgehead atoms. The molecule has 2 N–H and O–H groups in total. The third kappa shape index (κ3) is 5.24. The van der Waals surface area contributed by atoms with Crippen molar-refractivity contribution in [2.45, 2.75) is 12.5 Å². The number of hydrogen-bond donors (Lipinski definition) is 2. The van der Waals surface area contributed by atoms with Gasteiger partial charge >= 0.3 is 0 Å². The lowest BCUT2D eigenvalue weighted by atomic mass is 10.1. The molecule has 1 unspecified atom stereocenters. The number of pyridine rings is 1. The first-order valence-electron chi connectivity index (χ1n) is 11.7. The van der Waals surface area contributed by atoms with Crippen LogP contribution in [-0.4, -0.2) is 54.3 Å². The van der Waals surface area contributed by atoms with Crippen molar-refractivity contribution in [1.82, 2.24) is 15.0 Å². The Morgan fingerprint density at radius 1 is 1.24 bits per heavy atom. The summed E-state index contributed by atoms with van der Waals surface area (Å²) >= 11 is 0. The van der Waals surface area contributed by atoms with E-state index < -0.39 is 0 Å². The van der Waals surface area contributed by atoms with Gasteiger partial charge in [0.05, 0.1) is 30.1 Å². The fourth-order valence-electron chi connectivity index (χ4n) is 4.27. The van der Waals surface area contributed by atoms with Gasteiger partial charge in [0.25, 0.3) is 0 Å². The predicted octanol–water partition coefficient (Wildman–Crippen LogP) is 4.99. The van der Waals surface area contributed by atoms with Gasteiger partial charge in [-0.15, -0.1) is 0 Å². The zero-order chi connectivity index (χ0) is 25.9. The number of hydrogen-bond acceptors (Lipinski definition) is 8. The first kappa shape index (κ1) is 24.3. The van der Waals surface area contributed by atoms with Gasteiger partial charge in [0, 0.05) is 24.7 Å². The van der Waals surface area contributed by atoms with Gasteiger partial charge in [-0.1, -0.05) is 23.9 Å². The first-order valence-corrected chi connectivity index (χ1v) is 11.7. The second kappa shape index (κ2) is 10.3. The van der Waals surface area contributed by atoms with Crippen LogP contribution in [0.5, 0.6) is 11.5 Å². The molecular weight excluding hydrogens is 477 g/mol. The van der Waals surface area contributed by atoms with Gasteiger partial charge in [0.15, 0.2) is 5.58 Å². The van der Waals surface area contributed by atoms with Crippen LogP contribution < -0.4 is 20.1 Å². The Morgan fingerprint density at radius 3 is 2.84 bits per heavy atom. The fourth-order valence-corrected chi connectivity index (χ4v) is 4.27. The Morgan fingerprint density at radius 2 is 2.11 bits per heavy atom. The van der Waals surface area contributed by atoms with Crippen molar-refractivity contribution in [1.29, 1.82) is 0 Å². The topological polar surface area (TPSA) is 102 Å². The number of aromatic nitrogens is 2. The van der Waals surface area contributed by atoms with Gasteiger partial charge in [-0.3, -0.25) is 4.79 Å². The van der Waals surface area contributed by atoms with E-state index >= 15 is 0 Å². The summed E-state index contributed by atoms with van der Waals surface area (Å²) in [6.07, 6.45) is 3.60. The molecule has 2 aromatic carbocycles. The number of likely N-dealkylation sites (N-methyl/N-ethyl adjacent to an activating group) is 1. The van der Waals surface area contributed by atoms with Crippen LogP contribution in [0.1, 0.15) is 6.42 Å². The second-order valence-corrected chi connectivity index (χ2v) is 8.77. The maximum absolute atomic E-state index is 13.8. The number of nitrogens with zero attached hydrogens (tertiary/aromatic N) is 3. The molecule has 4 aromatic rings. The minimum Gasteiger partial charge on any atom is -0.494 e. The Hall–Kier alpha value is -4.44. The van der Waals surface area contributed by atoms with Crippen LogP contribution in [0.25, 0.3) is 22.2 Å². The van der Waals surface area contributed by atoms with E-state index in [2.05, 4.69) is 32.3 Å². The molecular formula is C27H26FN5O4. The van der Waals surface area contributed by atoms with Crippen LogP contribution in [0.2, 0.25) is 0 Å². The first-order chi connectivity index (χ1) is 17.9. The third-order valence-corrected chi connectivity index (χ3v) is 6.11. The molecule has 1 aliphatic heterocycles. The summed E-state index contributed by atoms with van der Waals surface area (Å²) in [5.41, 5.74) is 2.56. The smallest absolute Gasteiger partial charge is 0.247 e. The average molecular weight is 504 g/mol. The molecule has 3 heterocycles. The monoisotopic (exact) mass is 503 g/mol. The van der Waals surface area contributed by atoms with Crippen LogP contribution in [0.3, 0.4) is 0 Å². The number of methoxy groups -OCH3 is 1. The lowest BCUT2D eigenvalue weighted by Crippen LogP contribution is -2.22. The van der Waals surface area contributed by atoms with Crippen molar-refractivity contribution in [3.05, 3.63) is 67.1 Å². The van der Waals surface area contributed by atoms with Crippen LogP contribution in [0.4, 0.5) is 21.6 Å². The molecule has 2 aromatic heterocycles. The number of halogens is 1. The van der Waals surface area contributed by atoms with Gasteiger partial charge < -0.3 is 29.5 Å². The van der Waals surface area contributed by atoms with Crippen molar-refractivity contribution in [3.63, 3.8) is 0 Å². The Balaban J connectivity index is 1.50. The molecule has 1 aliphatic rings. The standard InChI is InChI=1S/C27H26FN5O4/c1-4-26(34)31-21-12-20(22(35-3)13-23(21)36-18-8-9-33(2)15-18)30-25-11-19-24(14-29-25)37-32-27(19)16-6-5-7-17(28)10-16/h4-7,10-14,18H,1,8-9,15H2,2-3H3,(H,29,30)(H,31,34). The molecule has 1 atom stereocenters. The highest BCUT2D eigenvalue weighted by molar-refractivity contribution is 6.00. The highest BCUT2D eigenvalue weighted by atomic mass is 19.1. The third-order valence-electron chi connectivity index (χ3n) is 6.11. The van der Waals surface area contributed by atoms with Crippen molar-refractivity contribution in [2.75, 3.05) is 37.9 Å². The van der Waals surface area contributed by atoms with E-state index in [0.29, 0.717) is 50.9 Å². The fraction of sp³-hybridized carbons (Fsp3) is 0.222. The van der Waals surface area contributed by atoms with Crippen molar-refractivity contribution < 1.29 is 23.2 Å². The molecule has 1 fully saturated rings. The van der Waals surface area contributed by atoms with E-state index in [1.165, 1.54) is 24.4 Å². The quantitative estimate of drug-likeness (QED) is 0.325. The lowest BCUT2D eigenvalue weighted by Gasteiger charge is -2.20. The Kier molecular flexibility index (Phi) is 6.74. The highest BCUT2D eigenvalue weighted by Crippen LogP contribution is 2.39. The number of fused-ring (bicyclic) bond motifs is 1. The minimum absolute atomic E-state index is 0.00759. The van der Waals surface area contributed by atoms with Crippen molar-refractivity contribution in [2.24, 2.45) is 0 Å². The summed E-state index contributed by atoms with van der Waals surface area (Å²) in [4.78, 5) is 18.8. The molecule has 0 aliphatic carbocycles. The maximum Gasteiger partial charge on any atom is 0.247 e. The Labute approximate surface area is 212 Å². The Bertz CT molecular complexity index is 1470. The summed E-state index contributed by atoms with van der Waals surface area (Å²) in [5.74, 6) is 0.725. The van der Waals surface area contributed by atoms with E-state index in [4.69, 9.17) is 14.0 Å². The van der Waals surface area contributed by atoms with Gasteiger partial charge in [0.2, 0.25) is 5.91 Å². The molecule has 190 valence electrons. The maximum atomic E-state index is 13.8. The van der Waals surface area contributed by atoms with Gasteiger partial charge in [0.1, 0.15) is 34.9 Å². The summed E-state index contributed by atoms with van der Waals surface area (Å²) in [6.45, 7) is 5.26. The van der Waals surface area contributed by atoms with Crippen LogP contribution in [-0.2, 0) is 4.79 Å². The number of carbonyl (C=O) groups is 1. The molecule has 5 rings (SSSR count). The number of likely N-dealkylation sites (tertiary alicyclic amines) is 1. The van der Waals surface area contributed by atoms with Crippen LogP contribution >= 0.6 is 0 Å². The number of ether oxygens (including phenoxy) is 2. The highest BCUT2D eigenvalue weighted by Gasteiger charge is 2.24. The number of amides is 1. The van der Waals surface area contributed by atoms with Crippen LogP contribution in [0, 0.1) is 5.82 Å². The molecule has 0 spiro atoms. The minimum atomic E-state index is -0.369. The van der Waals surface area contributed by atoms with Crippen molar-refractivity contribution >= 4 is 34.1 Å². The van der Waals surface area contributed by atoms with Gasteiger partial charge in [-0.05, 0) is 43.8 Å². The number of rotatable bonds is 8. The summed E-state index contributed by atoms with van der Waals surface area (Å²) in [7, 11) is 3.59. The molecule has 1 amide bonds. The number of anilines is 3. The van der Waals surface area contributed by atoms with E-state index in [-0.39, 0.29) is 17.8 Å². The van der Waals surface area contributed by atoms with E-state index in [1.54, 1.807) is 37.4 Å². The number of benzene rings is 2. The molecule has 1 saturated heterocycles. The zero-order valence-corrected chi connectivity index (χ0v) is 20.5. The SMILES string of the molecule is C=CC(=O)Nc1cc(Nc2cc3c(-c4cccc(F)c4)noc3cn2)c(OC)cc1OC1CCN(C)C1. The van der Waals surface area contributed by atoms with Crippen molar-refractivity contribution in [3.8, 4) is 22.8 Å². The van der Waals surface area contributed by atoms with E-state index in [9.17, 15) is 9.18 Å². The normalized spacial score (nSPS) is 15.5. The summed E-state index contributed by atoms with van der Waals surface area (Å²) in [5, 5.41) is 10.8. The molecule has 10 heteroatoms. The lowest BCUT2D eigenvalue weighted by molar-refractivity contribution is -0.111. The molecule has 37 heavy (non-hydrogen) atoms. The average Bonchev–Trinajstić information content (AvgIpc) is 3.50. The molecule has 9 nitrogen and oxygen atoms in total. The van der Waals surface area contributed by atoms with E-state index in [1.807, 2.05) is 7.05 Å². The van der Waals surface area contributed by atoms with Crippen LogP contribution in [0.15, 0.2) is 65.8 Å². The molecule has 0 saturated carbocycles. The number of nitrogens with one attached hydrogen (secondary N) is 2. The summed E-state index contributed by atoms with van der Waals surface area (Å²) < 4.78 is 31.0. The number of carbonyl (C=O) groups excluding carboxylic acids is 1. The second-order valence-electron chi connectivity index (χ2n) is 8.77. The summed E-state index contributed by atoms with van der Waals surface area (Å²) in [6, 6.07) is 11.3. The zero-order valence-electron chi connectivity index (χ0n) is 20.5. The molecule has 0 radical (unpaired) electrons. The largest absolute Gasteiger partial charge is 0.494 e. The predicted molar refractivity (Wildman–Crippen MR) is 139 cm³/mol. The van der Waals surface area contributed by atoms with E-state index in [0.717, 1.165) is 19.5 Å².